The molecule has 9 heteroatoms. The maximum absolute atomic E-state index is 12.4. The Kier molecular flexibility index (Phi) is 4.47. The number of hydrogen-bond donors (Lipinski definition) is 2. The van der Waals surface area contributed by atoms with Gasteiger partial charge in [0, 0.05) is 11.3 Å². The van der Waals surface area contributed by atoms with E-state index in [0.717, 1.165) is 11.3 Å². The Morgan fingerprint density at radius 3 is 2.38 bits per heavy atom. The van der Waals surface area contributed by atoms with Crippen LogP contribution in [0.2, 0.25) is 0 Å². The number of amides is 2. The van der Waals surface area contributed by atoms with Gasteiger partial charge >= 0.3 is 6.18 Å². The molecule has 0 spiro atoms. The minimum atomic E-state index is -4.63. The van der Waals surface area contributed by atoms with Crippen LogP contribution in [-0.2, 0) is 21.6 Å². The molecular weight excluding hydrogens is 345 g/mol. The highest BCUT2D eigenvalue weighted by molar-refractivity contribution is 7.17. The van der Waals surface area contributed by atoms with Crippen molar-refractivity contribution in [2.24, 2.45) is 5.73 Å². The molecule has 0 unspecified atom stereocenters. The quantitative estimate of drug-likeness (QED) is 0.863. The number of hydrogen-bond acceptors (Lipinski definition) is 4. The fraction of sp³-hybridized carbons (Fsp3) is 0.600. The summed E-state index contributed by atoms with van der Waals surface area (Å²) >= 11 is 1.03. The third kappa shape index (κ3) is 3.89. The zero-order valence-corrected chi connectivity index (χ0v) is 14.6. The molecule has 1 aromatic rings. The number of nitrogens with one attached hydrogen (secondary N) is 1. The molecule has 0 atom stereocenters. The van der Waals surface area contributed by atoms with E-state index >= 15 is 0 Å². The smallest absolute Gasteiger partial charge is 0.365 e. The highest BCUT2D eigenvalue weighted by atomic mass is 32.1. The predicted molar refractivity (Wildman–Crippen MR) is 84.0 cm³/mol. The van der Waals surface area contributed by atoms with E-state index in [1.807, 2.05) is 13.8 Å². The molecule has 0 aliphatic carbocycles. The Morgan fingerprint density at radius 1 is 1.29 bits per heavy atom. The summed E-state index contributed by atoms with van der Waals surface area (Å²) in [5.74, 6) is -2.02. The summed E-state index contributed by atoms with van der Waals surface area (Å²) in [5, 5.41) is 2.21. The largest absolute Gasteiger partial charge is 0.397 e. The lowest BCUT2D eigenvalue weighted by molar-refractivity contribution is -0.150. The van der Waals surface area contributed by atoms with Crippen LogP contribution in [0.4, 0.5) is 18.2 Å². The number of thiophene rings is 1. The van der Waals surface area contributed by atoms with Crippen molar-refractivity contribution in [3.05, 3.63) is 16.0 Å². The number of fused-ring (bicyclic) bond motifs is 1. The first-order valence-electron chi connectivity index (χ1n) is 7.24. The van der Waals surface area contributed by atoms with Gasteiger partial charge in [-0.3, -0.25) is 9.59 Å². The molecular formula is C15H19F3N2O3S. The fourth-order valence-electron chi connectivity index (χ4n) is 3.02. The van der Waals surface area contributed by atoms with Crippen molar-refractivity contribution in [1.82, 2.24) is 0 Å². The van der Waals surface area contributed by atoms with E-state index < -0.39 is 35.6 Å². The monoisotopic (exact) mass is 364 g/mol. The molecule has 2 amide bonds. The standard InChI is InChI=1S/C15H19F3N2O3S/c1-13(2)5-7-9(11(19)22)12(20-8(21)6-15(16,17)18)24-10(7)14(3,4)23-13/h5-6H2,1-4H3,(H2,19,22)(H,20,21). The molecule has 3 N–H and O–H groups in total. The number of ether oxygens (including phenoxy) is 1. The number of anilines is 1. The van der Waals surface area contributed by atoms with Gasteiger partial charge in [-0.05, 0) is 33.3 Å². The van der Waals surface area contributed by atoms with E-state index in [1.165, 1.54) is 0 Å². The zero-order valence-electron chi connectivity index (χ0n) is 13.8. The number of carbonyl (C=O) groups is 2. The number of carbonyl (C=O) groups excluding carboxylic acids is 2. The van der Waals surface area contributed by atoms with Crippen molar-refractivity contribution >= 4 is 28.2 Å². The molecule has 1 aliphatic rings. The van der Waals surface area contributed by atoms with Crippen LogP contribution in [0.5, 0.6) is 0 Å². The zero-order chi connectivity index (χ0) is 18.5. The van der Waals surface area contributed by atoms with Crippen LogP contribution in [0.3, 0.4) is 0 Å². The SMILES string of the molecule is CC1(C)Cc2c(sc(NC(=O)CC(F)(F)F)c2C(N)=O)C(C)(C)O1. The van der Waals surface area contributed by atoms with Gasteiger partial charge in [0.1, 0.15) is 11.4 Å². The van der Waals surface area contributed by atoms with Gasteiger partial charge in [0.05, 0.1) is 16.8 Å². The Labute approximate surface area is 141 Å². The first kappa shape index (κ1) is 18.7. The first-order valence-corrected chi connectivity index (χ1v) is 8.06. The fourth-order valence-corrected chi connectivity index (χ4v) is 4.30. The second-order valence-corrected chi connectivity index (χ2v) is 7.89. The van der Waals surface area contributed by atoms with E-state index in [1.54, 1.807) is 13.8 Å². The number of alkyl halides is 3. The Balaban J connectivity index is 2.47. The van der Waals surface area contributed by atoms with Crippen molar-refractivity contribution < 1.29 is 27.5 Å². The number of rotatable bonds is 3. The van der Waals surface area contributed by atoms with E-state index in [2.05, 4.69) is 5.32 Å². The molecule has 0 fully saturated rings. The molecule has 1 aliphatic heterocycles. The molecule has 134 valence electrons. The summed E-state index contributed by atoms with van der Waals surface area (Å²) < 4.78 is 43.0. The summed E-state index contributed by atoms with van der Waals surface area (Å²) in [5.41, 5.74) is 4.78. The molecule has 24 heavy (non-hydrogen) atoms. The third-order valence-electron chi connectivity index (χ3n) is 3.55. The molecule has 5 nitrogen and oxygen atoms in total. The van der Waals surface area contributed by atoms with Crippen LogP contribution in [0.1, 0.15) is 54.9 Å². The molecule has 0 saturated heterocycles. The van der Waals surface area contributed by atoms with Gasteiger partial charge < -0.3 is 15.8 Å². The van der Waals surface area contributed by atoms with Crippen molar-refractivity contribution in [3.8, 4) is 0 Å². The second-order valence-electron chi connectivity index (χ2n) is 6.87. The van der Waals surface area contributed by atoms with Crippen LogP contribution >= 0.6 is 11.3 Å². The maximum atomic E-state index is 12.4. The van der Waals surface area contributed by atoms with Gasteiger partial charge in [-0.2, -0.15) is 13.2 Å². The van der Waals surface area contributed by atoms with Gasteiger partial charge in [-0.15, -0.1) is 11.3 Å². The minimum Gasteiger partial charge on any atom is -0.365 e. The highest BCUT2D eigenvalue weighted by Gasteiger charge is 2.43. The first-order chi connectivity index (χ1) is 10.7. The average molecular weight is 364 g/mol. The number of nitrogens with two attached hydrogens (primary N) is 1. The lowest BCUT2D eigenvalue weighted by Crippen LogP contribution is -2.42. The van der Waals surface area contributed by atoms with Crippen LogP contribution in [-0.4, -0.2) is 23.6 Å². The van der Waals surface area contributed by atoms with Crippen LogP contribution in [0.25, 0.3) is 0 Å². The second kappa shape index (κ2) is 5.73. The number of halogens is 3. The van der Waals surface area contributed by atoms with Crippen LogP contribution < -0.4 is 11.1 Å². The third-order valence-corrected chi connectivity index (χ3v) is 5.00. The molecule has 2 heterocycles. The minimum absolute atomic E-state index is 0.0381. The summed E-state index contributed by atoms with van der Waals surface area (Å²) in [6, 6.07) is 0. The summed E-state index contributed by atoms with van der Waals surface area (Å²) in [7, 11) is 0. The normalized spacial score (nSPS) is 18.8. The molecule has 0 saturated carbocycles. The lowest BCUT2D eigenvalue weighted by Gasteiger charge is -2.41. The highest BCUT2D eigenvalue weighted by Crippen LogP contribution is 2.48. The summed E-state index contributed by atoms with van der Waals surface area (Å²) in [4.78, 5) is 24.1. The lowest BCUT2D eigenvalue weighted by atomic mass is 9.86. The van der Waals surface area contributed by atoms with Gasteiger partial charge in [0.15, 0.2) is 0 Å². The van der Waals surface area contributed by atoms with E-state index in [9.17, 15) is 22.8 Å². The number of primary amides is 1. The van der Waals surface area contributed by atoms with E-state index in [0.29, 0.717) is 16.9 Å². The van der Waals surface area contributed by atoms with Crippen molar-refractivity contribution in [2.75, 3.05) is 5.32 Å². The van der Waals surface area contributed by atoms with Crippen LogP contribution in [0.15, 0.2) is 0 Å². The topological polar surface area (TPSA) is 81.4 Å². The Hall–Kier alpha value is -1.61. The predicted octanol–water partition coefficient (Wildman–Crippen LogP) is 3.32. The van der Waals surface area contributed by atoms with Gasteiger partial charge in [0.25, 0.3) is 5.91 Å². The van der Waals surface area contributed by atoms with E-state index in [-0.39, 0.29) is 10.6 Å². The Bertz CT molecular complexity index is 693. The average Bonchev–Trinajstić information content (AvgIpc) is 2.62. The molecule has 0 radical (unpaired) electrons. The van der Waals surface area contributed by atoms with Crippen molar-refractivity contribution in [3.63, 3.8) is 0 Å². The maximum Gasteiger partial charge on any atom is 0.397 e. The van der Waals surface area contributed by atoms with Gasteiger partial charge in [0.2, 0.25) is 5.91 Å². The van der Waals surface area contributed by atoms with Gasteiger partial charge in [-0.25, -0.2) is 0 Å². The molecule has 1 aromatic heterocycles. The molecule has 0 bridgehead atoms. The molecule has 0 aromatic carbocycles. The van der Waals surface area contributed by atoms with Crippen molar-refractivity contribution in [2.45, 2.75) is 57.9 Å². The van der Waals surface area contributed by atoms with Crippen molar-refractivity contribution in [1.29, 1.82) is 0 Å². The summed E-state index contributed by atoms with van der Waals surface area (Å²) in [6.45, 7) is 7.30. The molecule has 2 rings (SSSR count). The van der Waals surface area contributed by atoms with E-state index in [4.69, 9.17) is 10.5 Å². The summed E-state index contributed by atoms with van der Waals surface area (Å²) in [6.07, 6.45) is -5.88. The Morgan fingerprint density at radius 2 is 1.88 bits per heavy atom. The van der Waals surface area contributed by atoms with Gasteiger partial charge in [-0.1, -0.05) is 0 Å². The van der Waals surface area contributed by atoms with Crippen LogP contribution in [0, 0.1) is 0 Å².